The highest BCUT2D eigenvalue weighted by Crippen LogP contribution is 2.35. The number of aromatic hydroxyl groups is 1. The summed E-state index contributed by atoms with van der Waals surface area (Å²) in [5.74, 6) is 1.09. The van der Waals surface area contributed by atoms with E-state index >= 15 is 0 Å². The van der Waals surface area contributed by atoms with Gasteiger partial charge in [-0.15, -0.1) is 0 Å². The molecule has 2 heterocycles. The molecular weight excluding hydrogens is 444 g/mol. The second kappa shape index (κ2) is 15.8. The van der Waals surface area contributed by atoms with Gasteiger partial charge in [-0.1, -0.05) is 18.7 Å². The molecule has 1 aliphatic heterocycles. The molecular formula is C27H42N4O4. The lowest BCUT2D eigenvalue weighted by Gasteiger charge is -2.23. The van der Waals surface area contributed by atoms with Crippen molar-refractivity contribution in [1.82, 2.24) is 10.3 Å². The number of H-pyrrole nitrogens is 1. The fourth-order valence-electron chi connectivity index (χ4n) is 3.45. The van der Waals surface area contributed by atoms with Gasteiger partial charge in [0.05, 0.1) is 12.7 Å². The Hall–Kier alpha value is -3.07. The molecule has 8 heteroatoms. The van der Waals surface area contributed by atoms with Gasteiger partial charge in [0, 0.05) is 47.2 Å². The van der Waals surface area contributed by atoms with Crippen LogP contribution in [-0.4, -0.2) is 49.3 Å². The molecule has 0 atom stereocenters. The third kappa shape index (κ3) is 9.98. The maximum Gasteiger partial charge on any atom is 0.152 e. The van der Waals surface area contributed by atoms with Gasteiger partial charge in [-0.25, -0.2) is 0 Å². The predicted molar refractivity (Wildman–Crippen MR) is 144 cm³/mol. The first-order chi connectivity index (χ1) is 16.7. The number of nitrogens with one attached hydrogen (secondary N) is 2. The molecule has 0 amide bonds. The van der Waals surface area contributed by atoms with Gasteiger partial charge in [-0.2, -0.15) is 0 Å². The SMILES string of the molecule is C=CC(C)=O.CC(C)OCc1c(C2CCOCC2)[nH]c(N)c1/C=C(\N)c1ccccc1O.CNC. The average Bonchev–Trinajstić information content (AvgIpc) is 3.14. The minimum absolute atomic E-state index is 0.0185. The van der Waals surface area contributed by atoms with E-state index in [-0.39, 0.29) is 17.6 Å². The van der Waals surface area contributed by atoms with Crippen molar-refractivity contribution in [1.29, 1.82) is 0 Å². The largest absolute Gasteiger partial charge is 0.507 e. The third-order valence-corrected chi connectivity index (χ3v) is 5.20. The predicted octanol–water partition coefficient (Wildman–Crippen LogP) is 4.18. The van der Waals surface area contributed by atoms with Crippen molar-refractivity contribution >= 4 is 23.4 Å². The van der Waals surface area contributed by atoms with Crippen molar-refractivity contribution in [2.75, 3.05) is 33.0 Å². The number of para-hydroxylation sites is 1. The Balaban J connectivity index is 0.000000669. The first-order valence-corrected chi connectivity index (χ1v) is 11.8. The van der Waals surface area contributed by atoms with Crippen LogP contribution in [-0.2, 0) is 20.9 Å². The maximum atomic E-state index is 10.1. The van der Waals surface area contributed by atoms with Gasteiger partial charge >= 0.3 is 0 Å². The van der Waals surface area contributed by atoms with Crippen LogP contribution < -0.4 is 16.8 Å². The topological polar surface area (TPSA) is 136 Å². The molecule has 7 N–H and O–H groups in total. The van der Waals surface area contributed by atoms with E-state index < -0.39 is 0 Å². The van der Waals surface area contributed by atoms with E-state index in [0.29, 0.717) is 29.6 Å². The number of benzene rings is 1. The molecule has 1 aliphatic rings. The summed E-state index contributed by atoms with van der Waals surface area (Å²) in [7, 11) is 3.75. The standard InChI is InChI=1S/C21H29N3O3.C4H6O.C2H7N/c1-13(2)27-12-17-16(11-18(22)15-5-3-4-6-19(15)25)21(23)24-20(17)14-7-9-26-10-8-14;1-3-4(2)5;1-3-2/h3-6,11,13-14,24-25H,7-10,12,22-23H2,1-2H3;3H,1H2,2H3;3H,1-2H3/b18-11-;;. The molecule has 0 saturated carbocycles. The van der Waals surface area contributed by atoms with Crippen LogP contribution in [0.15, 0.2) is 36.9 Å². The van der Waals surface area contributed by atoms with Crippen LogP contribution >= 0.6 is 0 Å². The summed E-state index contributed by atoms with van der Waals surface area (Å²) < 4.78 is 11.4. The summed E-state index contributed by atoms with van der Waals surface area (Å²) in [6, 6.07) is 7.01. The minimum Gasteiger partial charge on any atom is -0.507 e. The van der Waals surface area contributed by atoms with E-state index in [1.807, 2.05) is 40.1 Å². The van der Waals surface area contributed by atoms with E-state index in [1.165, 1.54) is 13.0 Å². The molecule has 8 nitrogen and oxygen atoms in total. The molecule has 1 aromatic carbocycles. The van der Waals surface area contributed by atoms with E-state index in [9.17, 15) is 9.90 Å². The van der Waals surface area contributed by atoms with Gasteiger partial charge in [0.15, 0.2) is 5.78 Å². The highest BCUT2D eigenvalue weighted by molar-refractivity contribution is 5.86. The summed E-state index contributed by atoms with van der Waals surface area (Å²) >= 11 is 0. The zero-order valence-corrected chi connectivity index (χ0v) is 21.7. The fourth-order valence-corrected chi connectivity index (χ4v) is 3.45. The molecule has 0 radical (unpaired) electrons. The van der Waals surface area contributed by atoms with Crippen LogP contribution in [0, 0.1) is 0 Å². The summed E-state index contributed by atoms with van der Waals surface area (Å²) in [6.45, 7) is 10.7. The first kappa shape index (κ1) is 30.0. The Bertz CT molecular complexity index is 960. The number of ether oxygens (including phenoxy) is 2. The highest BCUT2D eigenvalue weighted by Gasteiger charge is 2.24. The number of phenols is 1. The van der Waals surface area contributed by atoms with Crippen LogP contribution in [0.2, 0.25) is 0 Å². The number of ketones is 1. The Morgan fingerprint density at radius 1 is 1.31 bits per heavy atom. The molecule has 2 aromatic rings. The van der Waals surface area contributed by atoms with Crippen molar-refractivity contribution in [3.8, 4) is 5.75 Å². The van der Waals surface area contributed by atoms with Gasteiger partial charge in [-0.05, 0) is 72.0 Å². The fraction of sp³-hybridized carbons (Fsp3) is 0.444. The molecule has 1 fully saturated rings. The van der Waals surface area contributed by atoms with E-state index in [2.05, 4.69) is 16.9 Å². The number of carbonyl (C=O) groups is 1. The molecule has 1 saturated heterocycles. The van der Waals surface area contributed by atoms with Crippen molar-refractivity contribution in [2.45, 2.75) is 52.2 Å². The van der Waals surface area contributed by atoms with Crippen molar-refractivity contribution < 1.29 is 19.4 Å². The molecule has 35 heavy (non-hydrogen) atoms. The number of hydrogen-bond acceptors (Lipinski definition) is 7. The Morgan fingerprint density at radius 2 is 1.89 bits per heavy atom. The summed E-state index contributed by atoms with van der Waals surface area (Å²) in [5.41, 5.74) is 16.6. The Kier molecular flexibility index (Phi) is 13.5. The molecule has 0 spiro atoms. The van der Waals surface area contributed by atoms with Crippen LogP contribution in [0.5, 0.6) is 5.75 Å². The lowest BCUT2D eigenvalue weighted by Crippen LogP contribution is -2.16. The van der Waals surface area contributed by atoms with Crippen molar-refractivity contribution in [2.24, 2.45) is 5.73 Å². The average molecular weight is 487 g/mol. The summed E-state index contributed by atoms with van der Waals surface area (Å²) in [4.78, 5) is 13.1. The molecule has 1 aromatic heterocycles. The number of anilines is 1. The maximum absolute atomic E-state index is 10.1. The second-order valence-electron chi connectivity index (χ2n) is 8.52. The van der Waals surface area contributed by atoms with Gasteiger partial charge in [0.1, 0.15) is 11.6 Å². The smallest absolute Gasteiger partial charge is 0.152 e. The van der Waals surface area contributed by atoms with E-state index in [4.69, 9.17) is 20.9 Å². The number of allylic oxidation sites excluding steroid dienone is 1. The van der Waals surface area contributed by atoms with Gasteiger partial charge in [-0.3, -0.25) is 4.79 Å². The molecule has 0 unspecified atom stereocenters. The van der Waals surface area contributed by atoms with Gasteiger partial charge in [0.2, 0.25) is 0 Å². The number of aromatic amines is 1. The van der Waals surface area contributed by atoms with Crippen LogP contribution in [0.3, 0.4) is 0 Å². The highest BCUT2D eigenvalue weighted by atomic mass is 16.5. The lowest BCUT2D eigenvalue weighted by molar-refractivity contribution is -0.112. The van der Waals surface area contributed by atoms with Gasteiger partial charge in [0.25, 0.3) is 0 Å². The summed E-state index contributed by atoms with van der Waals surface area (Å²) in [6.07, 6.45) is 5.11. The molecule has 3 rings (SSSR count). The quantitative estimate of drug-likeness (QED) is 0.371. The van der Waals surface area contributed by atoms with Gasteiger partial charge < -0.3 is 36.3 Å². The third-order valence-electron chi connectivity index (χ3n) is 5.20. The zero-order valence-electron chi connectivity index (χ0n) is 21.7. The van der Waals surface area contributed by atoms with E-state index in [1.54, 1.807) is 18.2 Å². The minimum atomic E-state index is 0.0185. The molecule has 0 aliphatic carbocycles. The first-order valence-electron chi connectivity index (χ1n) is 11.8. The van der Waals surface area contributed by atoms with Crippen LogP contribution in [0.4, 0.5) is 5.82 Å². The normalized spacial score (nSPS) is 13.9. The zero-order chi connectivity index (χ0) is 26.4. The Labute approximate surface area is 209 Å². The lowest BCUT2D eigenvalue weighted by atomic mass is 9.92. The molecule has 0 bridgehead atoms. The van der Waals surface area contributed by atoms with Crippen LogP contribution in [0.25, 0.3) is 11.8 Å². The monoisotopic (exact) mass is 486 g/mol. The summed E-state index contributed by atoms with van der Waals surface area (Å²) in [5, 5.41) is 12.8. The van der Waals surface area contributed by atoms with Crippen molar-refractivity contribution in [3.63, 3.8) is 0 Å². The number of hydrogen-bond donors (Lipinski definition) is 5. The number of nitrogens with two attached hydrogens (primary N) is 2. The number of phenolic OH excluding ortho intramolecular Hbond substituents is 1. The number of carbonyl (C=O) groups excluding carboxylic acids is 1. The molecule has 194 valence electrons. The number of nitrogen functional groups attached to an aromatic ring is 1. The van der Waals surface area contributed by atoms with Crippen molar-refractivity contribution in [3.05, 3.63) is 59.3 Å². The number of rotatable bonds is 7. The second-order valence-corrected chi connectivity index (χ2v) is 8.52. The number of aromatic nitrogens is 1. The van der Waals surface area contributed by atoms with E-state index in [0.717, 1.165) is 42.9 Å². The van der Waals surface area contributed by atoms with Crippen LogP contribution in [0.1, 0.15) is 61.9 Å². The Morgan fingerprint density at radius 3 is 2.40 bits per heavy atom.